The van der Waals surface area contributed by atoms with Gasteiger partial charge in [-0.1, -0.05) is 42.0 Å². The van der Waals surface area contributed by atoms with E-state index in [4.69, 9.17) is 0 Å². The highest BCUT2D eigenvalue weighted by Gasteiger charge is 2.18. The van der Waals surface area contributed by atoms with Gasteiger partial charge in [0.25, 0.3) is 0 Å². The molecule has 1 aromatic heterocycles. The summed E-state index contributed by atoms with van der Waals surface area (Å²) in [5, 5.41) is 5.74. The molecule has 30 heavy (non-hydrogen) atoms. The van der Waals surface area contributed by atoms with E-state index >= 15 is 0 Å². The molecule has 0 aliphatic heterocycles. The zero-order valence-corrected chi connectivity index (χ0v) is 19.0. The summed E-state index contributed by atoms with van der Waals surface area (Å²) in [4.78, 5) is 17.2. The Kier molecular flexibility index (Phi) is 6.70. The first-order valence-electron chi connectivity index (χ1n) is 9.50. The molecule has 1 heterocycles. The van der Waals surface area contributed by atoms with E-state index in [1.807, 2.05) is 43.5 Å². The van der Waals surface area contributed by atoms with E-state index in [1.165, 1.54) is 35.3 Å². The van der Waals surface area contributed by atoms with Crippen molar-refractivity contribution in [2.24, 2.45) is 0 Å². The number of hydrogen-bond donors (Lipinski definition) is 1. The molecule has 1 atom stereocenters. The lowest BCUT2D eigenvalue weighted by molar-refractivity contribution is -0.121. The Morgan fingerprint density at radius 2 is 1.73 bits per heavy atom. The predicted molar refractivity (Wildman–Crippen MR) is 120 cm³/mol. The second-order valence-corrected chi connectivity index (χ2v) is 10.3. The molecular formula is C22H25N3O3S2. The molecule has 1 unspecified atom stereocenters. The van der Waals surface area contributed by atoms with E-state index in [9.17, 15) is 13.2 Å². The number of benzene rings is 2. The molecule has 0 fully saturated rings. The van der Waals surface area contributed by atoms with Gasteiger partial charge in [-0.2, -0.15) is 0 Å². The highest BCUT2D eigenvalue weighted by Crippen LogP contribution is 2.24. The average molecular weight is 444 g/mol. The number of amides is 1. The molecule has 6 nitrogen and oxygen atoms in total. The third kappa shape index (κ3) is 5.13. The normalized spacial score (nSPS) is 12.7. The van der Waals surface area contributed by atoms with E-state index in [0.29, 0.717) is 0 Å². The number of aryl methyl sites for hydroxylation is 1. The number of rotatable bonds is 7. The predicted octanol–water partition coefficient (Wildman–Crippen LogP) is 3.79. The van der Waals surface area contributed by atoms with Gasteiger partial charge in [-0.15, -0.1) is 11.3 Å². The van der Waals surface area contributed by atoms with Crippen LogP contribution < -0.4 is 5.32 Å². The van der Waals surface area contributed by atoms with Gasteiger partial charge < -0.3 is 5.32 Å². The van der Waals surface area contributed by atoms with Gasteiger partial charge in [0.15, 0.2) is 0 Å². The second-order valence-electron chi connectivity index (χ2n) is 7.33. The number of thiazole rings is 1. The first-order valence-corrected chi connectivity index (χ1v) is 11.8. The summed E-state index contributed by atoms with van der Waals surface area (Å²) in [5.74, 6) is -0.131. The van der Waals surface area contributed by atoms with Gasteiger partial charge in [-0.05, 0) is 31.5 Å². The minimum Gasteiger partial charge on any atom is -0.349 e. The first kappa shape index (κ1) is 22.1. The maximum atomic E-state index is 12.5. The summed E-state index contributed by atoms with van der Waals surface area (Å²) in [7, 11) is -0.478. The zero-order chi connectivity index (χ0) is 21.9. The lowest BCUT2D eigenvalue weighted by Gasteiger charge is -2.16. The van der Waals surface area contributed by atoms with E-state index in [2.05, 4.69) is 10.3 Å². The zero-order valence-electron chi connectivity index (χ0n) is 17.4. The lowest BCUT2D eigenvalue weighted by atomic mass is 10.1. The van der Waals surface area contributed by atoms with Crippen molar-refractivity contribution in [1.82, 2.24) is 14.6 Å². The highest BCUT2D eigenvalue weighted by atomic mass is 32.2. The van der Waals surface area contributed by atoms with E-state index in [0.717, 1.165) is 21.8 Å². The van der Waals surface area contributed by atoms with Crippen molar-refractivity contribution in [3.05, 3.63) is 70.7 Å². The Bertz CT molecular complexity index is 1120. The molecule has 8 heteroatoms. The molecular weight excluding hydrogens is 418 g/mol. The van der Waals surface area contributed by atoms with Crippen molar-refractivity contribution >= 4 is 27.3 Å². The molecule has 158 valence electrons. The fourth-order valence-corrected chi connectivity index (χ4v) is 4.62. The largest absolute Gasteiger partial charge is 0.349 e. The van der Waals surface area contributed by atoms with Crippen molar-refractivity contribution in [3.8, 4) is 10.6 Å². The average Bonchev–Trinajstić information content (AvgIpc) is 3.16. The topological polar surface area (TPSA) is 79.4 Å². The molecule has 3 rings (SSSR count). The Morgan fingerprint density at radius 1 is 1.10 bits per heavy atom. The molecule has 3 aromatic rings. The number of nitrogens with zero attached hydrogens (tertiary/aromatic N) is 2. The maximum absolute atomic E-state index is 12.5. The number of carbonyl (C=O) groups excluding carboxylic acids is 1. The molecule has 0 saturated heterocycles. The first-order chi connectivity index (χ1) is 14.2. The van der Waals surface area contributed by atoms with E-state index in [-0.39, 0.29) is 23.3 Å². The van der Waals surface area contributed by atoms with Crippen molar-refractivity contribution in [2.75, 3.05) is 14.1 Å². The highest BCUT2D eigenvalue weighted by molar-refractivity contribution is 7.89. The van der Waals surface area contributed by atoms with Gasteiger partial charge in [0, 0.05) is 25.0 Å². The third-order valence-corrected chi connectivity index (χ3v) is 7.50. The fraction of sp³-hybridized carbons (Fsp3) is 0.273. The molecule has 1 amide bonds. The molecule has 0 spiro atoms. The molecule has 2 aromatic carbocycles. The van der Waals surface area contributed by atoms with Crippen LogP contribution in [0, 0.1) is 6.92 Å². The van der Waals surface area contributed by atoms with Crippen LogP contribution in [-0.2, 0) is 21.2 Å². The Balaban J connectivity index is 1.62. The smallest absolute Gasteiger partial charge is 0.242 e. The lowest BCUT2D eigenvalue weighted by Crippen LogP contribution is -2.28. The van der Waals surface area contributed by atoms with Gasteiger partial charge in [0.05, 0.1) is 23.1 Å². The van der Waals surface area contributed by atoms with Crippen LogP contribution in [0.2, 0.25) is 0 Å². The van der Waals surface area contributed by atoms with Crippen molar-refractivity contribution < 1.29 is 13.2 Å². The Labute approximate surface area is 181 Å². The van der Waals surface area contributed by atoms with Crippen LogP contribution in [0.4, 0.5) is 0 Å². The summed E-state index contributed by atoms with van der Waals surface area (Å²) in [6, 6.07) is 14.5. The number of sulfonamides is 1. The number of aromatic nitrogens is 1. The maximum Gasteiger partial charge on any atom is 0.242 e. The van der Waals surface area contributed by atoms with Gasteiger partial charge in [-0.25, -0.2) is 17.7 Å². The minimum absolute atomic E-state index is 0.131. The van der Waals surface area contributed by atoms with Crippen LogP contribution in [-0.4, -0.2) is 37.7 Å². The van der Waals surface area contributed by atoms with Crippen LogP contribution in [0.25, 0.3) is 10.6 Å². The SMILES string of the molecule is Cc1ccc(-c2nc(CC(=O)NC(C)c3ccc(S(=O)(=O)N(C)C)cc3)cs2)cc1. The molecule has 0 saturated carbocycles. The van der Waals surface area contributed by atoms with Gasteiger partial charge in [0.1, 0.15) is 5.01 Å². The fourth-order valence-electron chi connectivity index (χ4n) is 2.90. The molecule has 0 aliphatic carbocycles. The van der Waals surface area contributed by atoms with Gasteiger partial charge in [0.2, 0.25) is 15.9 Å². The van der Waals surface area contributed by atoms with E-state index in [1.54, 1.807) is 24.3 Å². The summed E-state index contributed by atoms with van der Waals surface area (Å²) >= 11 is 1.52. The molecule has 0 bridgehead atoms. The van der Waals surface area contributed by atoms with Crippen LogP contribution in [0.1, 0.15) is 29.8 Å². The van der Waals surface area contributed by atoms with Crippen molar-refractivity contribution in [1.29, 1.82) is 0 Å². The quantitative estimate of drug-likeness (QED) is 0.603. The van der Waals surface area contributed by atoms with Gasteiger partial charge in [-0.3, -0.25) is 4.79 Å². The molecule has 0 radical (unpaired) electrons. The number of hydrogen-bond acceptors (Lipinski definition) is 5. The second kappa shape index (κ2) is 9.07. The summed E-state index contributed by atoms with van der Waals surface area (Å²) in [6.07, 6.45) is 0.194. The van der Waals surface area contributed by atoms with E-state index < -0.39 is 10.0 Å². The summed E-state index contributed by atoms with van der Waals surface area (Å²) in [6.45, 7) is 3.91. The minimum atomic E-state index is -3.47. The Hall–Kier alpha value is -2.55. The number of carbonyl (C=O) groups is 1. The van der Waals surface area contributed by atoms with Gasteiger partial charge >= 0.3 is 0 Å². The summed E-state index contributed by atoms with van der Waals surface area (Å²) in [5.41, 5.74) is 3.79. The van der Waals surface area contributed by atoms with Crippen molar-refractivity contribution in [2.45, 2.75) is 31.2 Å². The third-order valence-electron chi connectivity index (χ3n) is 4.73. The van der Waals surface area contributed by atoms with Crippen LogP contribution in [0.5, 0.6) is 0 Å². The molecule has 1 N–H and O–H groups in total. The summed E-state index contributed by atoms with van der Waals surface area (Å²) < 4.78 is 25.5. The van der Waals surface area contributed by atoms with Crippen molar-refractivity contribution in [3.63, 3.8) is 0 Å². The van der Waals surface area contributed by atoms with Crippen LogP contribution in [0.15, 0.2) is 58.8 Å². The number of nitrogens with one attached hydrogen (secondary N) is 1. The van der Waals surface area contributed by atoms with Crippen LogP contribution >= 0.6 is 11.3 Å². The molecule has 0 aliphatic rings. The monoisotopic (exact) mass is 443 g/mol. The van der Waals surface area contributed by atoms with Crippen LogP contribution in [0.3, 0.4) is 0 Å². The standard InChI is InChI=1S/C22H25N3O3S2/c1-15-5-7-18(8-6-15)22-24-19(14-29-22)13-21(26)23-16(2)17-9-11-20(12-10-17)30(27,28)25(3)4/h5-12,14,16H,13H2,1-4H3,(H,23,26). The Morgan fingerprint density at radius 3 is 2.33 bits per heavy atom.